The summed E-state index contributed by atoms with van der Waals surface area (Å²) in [6.07, 6.45) is 0.887. The number of carbonyl (C=O) groups is 1. The van der Waals surface area contributed by atoms with E-state index in [0.717, 1.165) is 0 Å². The fourth-order valence-electron chi connectivity index (χ4n) is 1.50. The van der Waals surface area contributed by atoms with Gasteiger partial charge in [-0.1, -0.05) is 6.58 Å². The van der Waals surface area contributed by atoms with Gasteiger partial charge in [0.25, 0.3) is 0 Å². The number of isocyanates is 1. The fraction of sp³-hybridized carbons (Fsp3) is 0.667. The van der Waals surface area contributed by atoms with E-state index >= 15 is 0 Å². The Bertz CT molecular complexity index is 342. The Morgan fingerprint density at radius 1 is 1.59 bits per heavy atom. The monoisotopic (exact) mass is 241 g/mol. The Morgan fingerprint density at radius 2 is 2.12 bits per heavy atom. The zero-order chi connectivity index (χ0) is 13.6. The van der Waals surface area contributed by atoms with Crippen LogP contribution in [0.5, 0.6) is 0 Å². The van der Waals surface area contributed by atoms with Crippen molar-refractivity contribution in [3.8, 4) is 0 Å². The second kappa shape index (κ2) is 6.33. The number of aliphatic hydroxyl groups excluding tert-OH is 1. The van der Waals surface area contributed by atoms with Crippen LogP contribution in [-0.4, -0.2) is 35.4 Å². The van der Waals surface area contributed by atoms with Crippen molar-refractivity contribution in [1.82, 2.24) is 0 Å². The molecule has 5 nitrogen and oxygen atoms in total. The number of ether oxygens (including phenoxy) is 1. The van der Waals surface area contributed by atoms with Gasteiger partial charge in [-0.15, -0.1) is 0 Å². The van der Waals surface area contributed by atoms with Gasteiger partial charge in [0.15, 0.2) is 0 Å². The molecule has 0 radical (unpaired) electrons. The molecule has 0 amide bonds. The maximum Gasteiger partial charge on any atom is 0.333 e. The molecule has 0 fully saturated rings. The summed E-state index contributed by atoms with van der Waals surface area (Å²) >= 11 is 0. The van der Waals surface area contributed by atoms with Crippen molar-refractivity contribution in [2.75, 3.05) is 6.61 Å². The zero-order valence-corrected chi connectivity index (χ0v) is 10.7. The van der Waals surface area contributed by atoms with E-state index in [9.17, 15) is 14.7 Å². The van der Waals surface area contributed by atoms with E-state index in [-0.39, 0.29) is 12.2 Å². The van der Waals surface area contributed by atoms with Gasteiger partial charge in [0.2, 0.25) is 6.08 Å². The number of aliphatic hydroxyl groups is 1. The van der Waals surface area contributed by atoms with Gasteiger partial charge in [0, 0.05) is 11.5 Å². The first-order valence-corrected chi connectivity index (χ1v) is 5.32. The maximum atomic E-state index is 11.3. The van der Waals surface area contributed by atoms with Crippen molar-refractivity contribution in [2.45, 2.75) is 39.3 Å². The number of carbonyl (C=O) groups excluding carboxylic acids is 2. The highest BCUT2D eigenvalue weighted by Crippen LogP contribution is 2.26. The molecule has 0 aromatic rings. The zero-order valence-electron chi connectivity index (χ0n) is 10.7. The molecule has 0 saturated carbocycles. The summed E-state index contributed by atoms with van der Waals surface area (Å²) in [6.45, 7) is 9.74. The number of hydrogen-bond acceptors (Lipinski definition) is 5. The van der Waals surface area contributed by atoms with Crippen LogP contribution in [0.3, 0.4) is 0 Å². The third kappa shape index (κ3) is 4.51. The third-order valence-corrected chi connectivity index (χ3v) is 2.65. The molecule has 17 heavy (non-hydrogen) atoms. The second-order valence-electron chi connectivity index (χ2n) is 4.54. The molecule has 0 aliphatic rings. The van der Waals surface area contributed by atoms with Gasteiger partial charge in [-0.25, -0.2) is 9.59 Å². The molecule has 0 heterocycles. The first kappa shape index (κ1) is 15.6. The molecule has 0 bridgehead atoms. The van der Waals surface area contributed by atoms with Gasteiger partial charge in [-0.3, -0.25) is 0 Å². The minimum atomic E-state index is -0.842. The molecule has 0 rings (SSSR count). The predicted octanol–water partition coefficient (Wildman–Crippen LogP) is 1.22. The Labute approximate surface area is 101 Å². The van der Waals surface area contributed by atoms with Crippen molar-refractivity contribution < 1.29 is 19.4 Å². The summed E-state index contributed by atoms with van der Waals surface area (Å²) in [4.78, 5) is 25.3. The maximum absolute atomic E-state index is 11.3. The summed E-state index contributed by atoms with van der Waals surface area (Å²) in [7, 11) is 0. The van der Waals surface area contributed by atoms with Gasteiger partial charge in [-0.05, 0) is 27.7 Å². The lowest BCUT2D eigenvalue weighted by Crippen LogP contribution is -2.41. The highest BCUT2D eigenvalue weighted by Gasteiger charge is 2.35. The van der Waals surface area contributed by atoms with Crippen LogP contribution in [0.4, 0.5) is 0 Å². The molecule has 96 valence electrons. The lowest BCUT2D eigenvalue weighted by molar-refractivity contribution is -0.147. The summed E-state index contributed by atoms with van der Waals surface area (Å²) in [5, 5.41) is 9.31. The fourth-order valence-corrected chi connectivity index (χ4v) is 1.50. The smallest absolute Gasteiger partial charge is 0.333 e. The van der Waals surface area contributed by atoms with Crippen molar-refractivity contribution in [3.05, 3.63) is 12.2 Å². The average Bonchev–Trinajstić information content (AvgIpc) is 2.17. The van der Waals surface area contributed by atoms with Crippen molar-refractivity contribution in [3.63, 3.8) is 0 Å². The van der Waals surface area contributed by atoms with Crippen LogP contribution in [0.25, 0.3) is 0 Å². The highest BCUT2D eigenvalue weighted by molar-refractivity contribution is 5.87. The van der Waals surface area contributed by atoms with E-state index in [1.165, 1.54) is 13.0 Å². The van der Waals surface area contributed by atoms with Gasteiger partial charge in [-0.2, -0.15) is 4.99 Å². The van der Waals surface area contributed by atoms with Crippen LogP contribution in [-0.2, 0) is 14.3 Å². The van der Waals surface area contributed by atoms with Gasteiger partial charge < -0.3 is 9.84 Å². The molecule has 0 aliphatic heterocycles. The first-order chi connectivity index (χ1) is 7.76. The van der Waals surface area contributed by atoms with E-state index in [4.69, 9.17) is 4.74 Å². The Hall–Kier alpha value is -1.45. The lowest BCUT2D eigenvalue weighted by atomic mass is 9.85. The summed E-state index contributed by atoms with van der Waals surface area (Å²) < 4.78 is 5.11. The standard InChI is InChI=1S/C12H19NO4/c1-8(2)11(16)17-9(3)10(6-14)12(4,5)13-7-15/h9-10,14H,1,6H2,2-5H3. The molecule has 1 N–H and O–H groups in total. The summed E-state index contributed by atoms with van der Waals surface area (Å²) in [5.41, 5.74) is -0.559. The Morgan fingerprint density at radius 3 is 2.47 bits per heavy atom. The molecule has 2 atom stereocenters. The van der Waals surface area contributed by atoms with E-state index in [0.29, 0.717) is 0 Å². The van der Waals surface area contributed by atoms with Gasteiger partial charge in [0.05, 0.1) is 12.1 Å². The Balaban J connectivity index is 4.83. The lowest BCUT2D eigenvalue weighted by Gasteiger charge is -2.32. The van der Waals surface area contributed by atoms with Crippen molar-refractivity contribution in [2.24, 2.45) is 10.9 Å². The number of hydrogen-bond donors (Lipinski definition) is 1. The van der Waals surface area contributed by atoms with E-state index in [1.54, 1.807) is 20.8 Å². The van der Waals surface area contributed by atoms with Crippen LogP contribution in [0.2, 0.25) is 0 Å². The molecule has 5 heteroatoms. The second-order valence-corrected chi connectivity index (χ2v) is 4.54. The van der Waals surface area contributed by atoms with E-state index in [2.05, 4.69) is 11.6 Å². The molecule has 0 spiro atoms. The Kier molecular flexibility index (Phi) is 5.79. The molecular formula is C12H19NO4. The van der Waals surface area contributed by atoms with Crippen LogP contribution < -0.4 is 0 Å². The molecule has 2 unspecified atom stereocenters. The van der Waals surface area contributed by atoms with E-state index < -0.39 is 23.5 Å². The SMILES string of the molecule is C=C(C)C(=O)OC(C)C(CO)C(C)(C)N=C=O. The van der Waals surface area contributed by atoms with Crippen LogP contribution in [0.15, 0.2) is 17.1 Å². The molecule has 0 aromatic carbocycles. The van der Waals surface area contributed by atoms with Crippen molar-refractivity contribution in [1.29, 1.82) is 0 Å². The van der Waals surface area contributed by atoms with Crippen LogP contribution >= 0.6 is 0 Å². The number of esters is 1. The summed E-state index contributed by atoms with van der Waals surface area (Å²) in [6, 6.07) is 0. The molecular weight excluding hydrogens is 222 g/mol. The van der Waals surface area contributed by atoms with Gasteiger partial charge >= 0.3 is 5.97 Å². The molecule has 0 saturated heterocycles. The van der Waals surface area contributed by atoms with E-state index in [1.807, 2.05) is 0 Å². The minimum absolute atomic E-state index is 0.247. The normalized spacial score (nSPS) is 14.4. The number of aliphatic imine (C=N–C) groups is 1. The summed E-state index contributed by atoms with van der Waals surface area (Å²) in [5.74, 6) is -1.01. The number of nitrogens with zero attached hydrogens (tertiary/aromatic N) is 1. The highest BCUT2D eigenvalue weighted by atomic mass is 16.5. The predicted molar refractivity (Wildman–Crippen MR) is 63.1 cm³/mol. The average molecular weight is 241 g/mol. The first-order valence-electron chi connectivity index (χ1n) is 5.32. The third-order valence-electron chi connectivity index (χ3n) is 2.65. The molecule has 0 aromatic heterocycles. The number of rotatable bonds is 6. The largest absolute Gasteiger partial charge is 0.459 e. The molecule has 0 aliphatic carbocycles. The van der Waals surface area contributed by atoms with Gasteiger partial charge in [0.1, 0.15) is 6.10 Å². The van der Waals surface area contributed by atoms with Crippen molar-refractivity contribution >= 4 is 12.0 Å². The van der Waals surface area contributed by atoms with Crippen LogP contribution in [0, 0.1) is 5.92 Å². The topological polar surface area (TPSA) is 76.0 Å². The minimum Gasteiger partial charge on any atom is -0.459 e. The quantitative estimate of drug-likeness (QED) is 0.328. The van der Waals surface area contributed by atoms with Crippen LogP contribution in [0.1, 0.15) is 27.7 Å².